The van der Waals surface area contributed by atoms with Crippen LogP contribution in [0.3, 0.4) is 0 Å². The van der Waals surface area contributed by atoms with E-state index in [0.717, 1.165) is 24.8 Å². The largest absolute Gasteiger partial charge is 0.495 e. The summed E-state index contributed by atoms with van der Waals surface area (Å²) in [7, 11) is -2.24. The van der Waals surface area contributed by atoms with Gasteiger partial charge in [-0.05, 0) is 54.7 Å². The molecule has 1 N–H and O–H groups in total. The molecule has 1 aliphatic heterocycles. The Balaban J connectivity index is 1.85. The molecule has 3 rings (SSSR count). The number of benzene rings is 2. The first-order chi connectivity index (χ1) is 13.8. The van der Waals surface area contributed by atoms with Crippen molar-refractivity contribution in [2.24, 2.45) is 0 Å². The lowest BCUT2D eigenvalue weighted by molar-refractivity contribution is 0.102. The molecule has 1 amide bonds. The number of hydrogen-bond donors (Lipinski definition) is 1. The molecule has 156 valence electrons. The molecule has 1 fully saturated rings. The van der Waals surface area contributed by atoms with Crippen molar-refractivity contribution < 1.29 is 17.9 Å². The number of nitrogens with zero attached hydrogens (tertiary/aromatic N) is 1. The normalized spacial score (nSPS) is 15.3. The monoisotopic (exact) mass is 416 g/mol. The minimum atomic E-state index is -3.69. The van der Waals surface area contributed by atoms with Crippen molar-refractivity contribution in [2.45, 2.75) is 43.9 Å². The molecule has 29 heavy (non-hydrogen) atoms. The summed E-state index contributed by atoms with van der Waals surface area (Å²) in [5.74, 6) is 0.373. The highest BCUT2D eigenvalue weighted by Gasteiger charge is 2.29. The van der Waals surface area contributed by atoms with Gasteiger partial charge in [0.05, 0.1) is 7.11 Å². The summed E-state index contributed by atoms with van der Waals surface area (Å²) < 4.78 is 33.0. The maximum Gasteiger partial charge on any atom is 0.255 e. The molecule has 0 bridgehead atoms. The number of piperidine rings is 1. The van der Waals surface area contributed by atoms with Crippen molar-refractivity contribution in [3.05, 3.63) is 53.6 Å². The molecule has 0 spiro atoms. The fraction of sp³-hybridized carbons (Fsp3) is 0.409. The van der Waals surface area contributed by atoms with Crippen LogP contribution in [0, 0.1) is 0 Å². The SMILES string of the molecule is COc1ccc(NC(=O)c2ccc(C(C)C)cc2)cc1S(=O)(=O)N1CCCCC1. The highest BCUT2D eigenvalue weighted by atomic mass is 32.2. The van der Waals surface area contributed by atoms with Gasteiger partial charge < -0.3 is 10.1 Å². The lowest BCUT2D eigenvalue weighted by Crippen LogP contribution is -2.35. The molecule has 0 aromatic heterocycles. The van der Waals surface area contributed by atoms with Gasteiger partial charge >= 0.3 is 0 Å². The van der Waals surface area contributed by atoms with Crippen LogP contribution in [0.4, 0.5) is 5.69 Å². The molecule has 0 saturated carbocycles. The van der Waals surface area contributed by atoms with E-state index in [1.165, 1.54) is 17.5 Å². The van der Waals surface area contributed by atoms with Gasteiger partial charge in [-0.15, -0.1) is 0 Å². The van der Waals surface area contributed by atoms with E-state index in [1.54, 1.807) is 24.3 Å². The van der Waals surface area contributed by atoms with E-state index >= 15 is 0 Å². The first-order valence-electron chi connectivity index (χ1n) is 9.92. The standard InChI is InChI=1S/C22H28N2O4S/c1-16(2)17-7-9-18(10-8-17)22(25)23-19-11-12-20(28-3)21(15-19)29(26,27)24-13-5-4-6-14-24/h7-12,15-16H,4-6,13-14H2,1-3H3,(H,23,25). The molecule has 0 radical (unpaired) electrons. The van der Waals surface area contributed by atoms with Gasteiger partial charge in [0.25, 0.3) is 5.91 Å². The van der Waals surface area contributed by atoms with Crippen LogP contribution in [-0.2, 0) is 10.0 Å². The quantitative estimate of drug-likeness (QED) is 0.764. The minimum Gasteiger partial charge on any atom is -0.495 e. The van der Waals surface area contributed by atoms with Crippen LogP contribution in [0.15, 0.2) is 47.4 Å². The van der Waals surface area contributed by atoms with Crippen molar-refractivity contribution in [2.75, 3.05) is 25.5 Å². The van der Waals surface area contributed by atoms with Crippen LogP contribution in [0.2, 0.25) is 0 Å². The molecule has 0 unspecified atom stereocenters. The van der Waals surface area contributed by atoms with Crippen molar-refractivity contribution in [3.63, 3.8) is 0 Å². The number of carbonyl (C=O) groups is 1. The van der Waals surface area contributed by atoms with E-state index in [9.17, 15) is 13.2 Å². The number of nitrogens with one attached hydrogen (secondary N) is 1. The van der Waals surface area contributed by atoms with Crippen LogP contribution in [0.5, 0.6) is 5.75 Å². The zero-order chi connectivity index (χ0) is 21.0. The predicted molar refractivity (Wildman–Crippen MR) is 114 cm³/mol. The Morgan fingerprint density at radius 2 is 1.69 bits per heavy atom. The molecule has 0 atom stereocenters. The number of methoxy groups -OCH3 is 1. The summed E-state index contributed by atoms with van der Waals surface area (Å²) in [6.07, 6.45) is 2.74. The topological polar surface area (TPSA) is 75.7 Å². The van der Waals surface area contributed by atoms with Gasteiger partial charge in [-0.2, -0.15) is 4.31 Å². The maximum atomic E-state index is 13.1. The molecule has 7 heteroatoms. The highest BCUT2D eigenvalue weighted by molar-refractivity contribution is 7.89. The summed E-state index contributed by atoms with van der Waals surface area (Å²) in [6, 6.07) is 12.1. The Bertz CT molecular complexity index is 963. The van der Waals surface area contributed by atoms with Gasteiger partial charge in [-0.25, -0.2) is 8.42 Å². The molecule has 2 aromatic rings. The number of carbonyl (C=O) groups excluding carboxylic acids is 1. The molecule has 2 aromatic carbocycles. The molecule has 1 saturated heterocycles. The fourth-order valence-corrected chi connectivity index (χ4v) is 5.12. The third-order valence-corrected chi connectivity index (χ3v) is 7.11. The zero-order valence-corrected chi connectivity index (χ0v) is 18.0. The number of hydrogen-bond acceptors (Lipinski definition) is 4. The van der Waals surface area contributed by atoms with Gasteiger partial charge in [-0.1, -0.05) is 32.4 Å². The number of ether oxygens (including phenoxy) is 1. The molecule has 1 aliphatic rings. The van der Waals surface area contributed by atoms with Crippen molar-refractivity contribution in [1.82, 2.24) is 4.31 Å². The molecular weight excluding hydrogens is 388 g/mol. The summed E-state index contributed by atoms with van der Waals surface area (Å²) in [6.45, 7) is 5.20. The number of anilines is 1. The van der Waals surface area contributed by atoms with Crippen LogP contribution >= 0.6 is 0 Å². The zero-order valence-electron chi connectivity index (χ0n) is 17.1. The lowest BCUT2D eigenvalue weighted by atomic mass is 10.0. The van der Waals surface area contributed by atoms with E-state index in [-0.39, 0.29) is 16.6 Å². The maximum absolute atomic E-state index is 13.1. The summed E-state index contributed by atoms with van der Waals surface area (Å²) in [5, 5.41) is 2.80. The van der Waals surface area contributed by atoms with E-state index in [4.69, 9.17) is 4.74 Å². The van der Waals surface area contributed by atoms with Gasteiger partial charge in [-0.3, -0.25) is 4.79 Å². The van der Waals surface area contributed by atoms with Crippen molar-refractivity contribution in [1.29, 1.82) is 0 Å². The van der Waals surface area contributed by atoms with Gasteiger partial charge in [0.2, 0.25) is 10.0 Å². The van der Waals surface area contributed by atoms with Crippen molar-refractivity contribution >= 4 is 21.6 Å². The van der Waals surface area contributed by atoms with E-state index in [1.807, 2.05) is 12.1 Å². The van der Waals surface area contributed by atoms with Crippen LogP contribution in [0.1, 0.15) is 54.9 Å². The number of rotatable bonds is 6. The van der Waals surface area contributed by atoms with Crippen LogP contribution in [-0.4, -0.2) is 38.8 Å². The third kappa shape index (κ3) is 4.79. The van der Waals surface area contributed by atoms with Crippen molar-refractivity contribution in [3.8, 4) is 5.75 Å². The predicted octanol–water partition coefficient (Wildman–Crippen LogP) is 4.25. The van der Waals surface area contributed by atoms with Gasteiger partial charge in [0.1, 0.15) is 10.6 Å². The summed E-state index contributed by atoms with van der Waals surface area (Å²) >= 11 is 0. The summed E-state index contributed by atoms with van der Waals surface area (Å²) in [5.41, 5.74) is 2.09. The Hall–Kier alpha value is -2.38. The van der Waals surface area contributed by atoms with Gasteiger partial charge in [0, 0.05) is 24.3 Å². The Labute approximate surface area is 172 Å². The fourth-order valence-electron chi connectivity index (χ4n) is 3.42. The average molecular weight is 417 g/mol. The first-order valence-corrected chi connectivity index (χ1v) is 11.4. The minimum absolute atomic E-state index is 0.0786. The van der Waals surface area contributed by atoms with E-state index < -0.39 is 10.0 Å². The lowest BCUT2D eigenvalue weighted by Gasteiger charge is -2.26. The molecule has 1 heterocycles. The third-order valence-electron chi connectivity index (χ3n) is 5.19. The van der Waals surface area contributed by atoms with E-state index in [2.05, 4.69) is 19.2 Å². The molecule has 0 aliphatic carbocycles. The Morgan fingerprint density at radius 1 is 1.03 bits per heavy atom. The molecule has 6 nitrogen and oxygen atoms in total. The van der Waals surface area contributed by atoms with Crippen LogP contribution < -0.4 is 10.1 Å². The smallest absolute Gasteiger partial charge is 0.255 e. The Kier molecular flexibility index (Phi) is 6.59. The highest BCUT2D eigenvalue weighted by Crippen LogP contribution is 2.31. The second-order valence-corrected chi connectivity index (χ2v) is 9.47. The molecular formula is C22H28N2O4S. The second-order valence-electron chi connectivity index (χ2n) is 7.56. The second kappa shape index (κ2) is 8.97. The van der Waals surface area contributed by atoms with Crippen LogP contribution in [0.25, 0.3) is 0 Å². The average Bonchev–Trinajstić information content (AvgIpc) is 2.74. The Morgan fingerprint density at radius 3 is 2.28 bits per heavy atom. The summed E-state index contributed by atoms with van der Waals surface area (Å²) in [4.78, 5) is 12.7. The number of amides is 1. The van der Waals surface area contributed by atoms with E-state index in [0.29, 0.717) is 30.3 Å². The number of sulfonamides is 1. The van der Waals surface area contributed by atoms with Gasteiger partial charge in [0.15, 0.2) is 0 Å². The first kappa shape index (κ1) is 21.3.